The number of nitrogens with two attached hydrogens (primary N) is 1. The van der Waals surface area contributed by atoms with Crippen molar-refractivity contribution in [3.63, 3.8) is 0 Å². The highest BCUT2D eigenvalue weighted by atomic mass is 32.2. The van der Waals surface area contributed by atoms with E-state index in [9.17, 15) is 18.0 Å². The number of benzene rings is 2. The minimum Gasteiger partial charge on any atom is -0.483 e. The number of ether oxygens (including phenoxy) is 1. The largest absolute Gasteiger partial charge is 0.483 e. The number of hydrogen-bond donors (Lipinski definition) is 3. The Morgan fingerprint density at radius 2 is 1.85 bits per heavy atom. The smallest absolute Gasteiger partial charge is 0.262 e. The van der Waals surface area contributed by atoms with Gasteiger partial charge in [0.2, 0.25) is 10.0 Å². The van der Waals surface area contributed by atoms with Crippen LogP contribution in [0.5, 0.6) is 5.75 Å². The molecule has 0 spiro atoms. The number of aryl methyl sites for hydroxylation is 1. The highest BCUT2D eigenvalue weighted by Crippen LogP contribution is 2.20. The van der Waals surface area contributed by atoms with E-state index in [0.29, 0.717) is 11.3 Å². The summed E-state index contributed by atoms with van der Waals surface area (Å²) in [6.45, 7) is 1.28. The number of sulfonamides is 1. The fourth-order valence-electron chi connectivity index (χ4n) is 2.21. The van der Waals surface area contributed by atoms with E-state index in [1.165, 1.54) is 25.2 Å². The first-order valence-electron chi connectivity index (χ1n) is 7.60. The summed E-state index contributed by atoms with van der Waals surface area (Å²) in [5.74, 6) is -0.986. The van der Waals surface area contributed by atoms with Crippen molar-refractivity contribution in [3.05, 3.63) is 53.6 Å². The fraction of sp³-hybridized carbons (Fsp3) is 0.176. The van der Waals surface area contributed by atoms with Crippen molar-refractivity contribution in [3.8, 4) is 5.75 Å². The summed E-state index contributed by atoms with van der Waals surface area (Å²) in [6, 6.07) is 10.8. The molecule has 0 heterocycles. The molecule has 26 heavy (non-hydrogen) atoms. The average Bonchev–Trinajstić information content (AvgIpc) is 2.61. The molecule has 138 valence electrons. The summed E-state index contributed by atoms with van der Waals surface area (Å²) in [7, 11) is -2.33. The zero-order chi connectivity index (χ0) is 19.3. The third-order valence-corrected chi connectivity index (χ3v) is 5.10. The number of hydrogen-bond acceptors (Lipinski definition) is 5. The maximum atomic E-state index is 12.1. The van der Waals surface area contributed by atoms with Crippen molar-refractivity contribution in [2.45, 2.75) is 11.8 Å². The van der Waals surface area contributed by atoms with Crippen LogP contribution in [-0.2, 0) is 14.8 Å². The van der Waals surface area contributed by atoms with E-state index in [2.05, 4.69) is 10.0 Å². The highest BCUT2D eigenvalue weighted by molar-refractivity contribution is 7.89. The van der Waals surface area contributed by atoms with Gasteiger partial charge in [0.15, 0.2) is 6.61 Å². The van der Waals surface area contributed by atoms with E-state index < -0.39 is 21.8 Å². The molecule has 0 radical (unpaired) electrons. The molecule has 9 heteroatoms. The van der Waals surface area contributed by atoms with E-state index in [0.717, 1.165) is 0 Å². The second kappa shape index (κ2) is 7.98. The van der Waals surface area contributed by atoms with E-state index >= 15 is 0 Å². The van der Waals surface area contributed by atoms with Crippen molar-refractivity contribution in [1.29, 1.82) is 0 Å². The quantitative estimate of drug-likeness (QED) is 0.664. The van der Waals surface area contributed by atoms with Gasteiger partial charge >= 0.3 is 0 Å². The summed E-state index contributed by atoms with van der Waals surface area (Å²) in [5.41, 5.74) is 6.26. The third-order valence-electron chi connectivity index (χ3n) is 3.54. The SMILES string of the molecule is CNS(=O)(=O)c1cc(NC(=O)COc2ccccc2C(N)=O)ccc1C. The van der Waals surface area contributed by atoms with Gasteiger partial charge in [0.1, 0.15) is 5.75 Å². The summed E-state index contributed by atoms with van der Waals surface area (Å²) >= 11 is 0. The van der Waals surface area contributed by atoms with Crippen molar-refractivity contribution in [2.75, 3.05) is 19.0 Å². The number of primary amides is 1. The molecule has 2 rings (SSSR count). The lowest BCUT2D eigenvalue weighted by molar-refractivity contribution is -0.118. The Labute approximate surface area is 151 Å². The van der Waals surface area contributed by atoms with Crippen LogP contribution in [0.25, 0.3) is 0 Å². The van der Waals surface area contributed by atoms with Gasteiger partial charge in [-0.1, -0.05) is 18.2 Å². The minimum absolute atomic E-state index is 0.0674. The first-order valence-corrected chi connectivity index (χ1v) is 9.08. The van der Waals surface area contributed by atoms with Crippen LogP contribution in [0.3, 0.4) is 0 Å². The van der Waals surface area contributed by atoms with Crippen LogP contribution in [0.15, 0.2) is 47.4 Å². The Hall–Kier alpha value is -2.91. The molecule has 2 amide bonds. The van der Waals surface area contributed by atoms with Gasteiger partial charge in [-0.25, -0.2) is 13.1 Å². The molecule has 0 bridgehead atoms. The second-order valence-electron chi connectivity index (χ2n) is 5.39. The number of carbonyl (C=O) groups is 2. The van der Waals surface area contributed by atoms with Crippen LogP contribution in [0.2, 0.25) is 0 Å². The van der Waals surface area contributed by atoms with Gasteiger partial charge in [-0.15, -0.1) is 0 Å². The molecule has 2 aromatic carbocycles. The van der Waals surface area contributed by atoms with Crippen molar-refractivity contribution in [2.24, 2.45) is 5.73 Å². The van der Waals surface area contributed by atoms with Gasteiger partial charge in [-0.2, -0.15) is 0 Å². The Bertz CT molecular complexity index is 941. The van der Waals surface area contributed by atoms with Crippen LogP contribution in [-0.4, -0.2) is 33.9 Å². The molecule has 0 aliphatic rings. The number of anilines is 1. The monoisotopic (exact) mass is 377 g/mol. The molecule has 0 aromatic heterocycles. The molecular weight excluding hydrogens is 358 g/mol. The number of para-hydroxylation sites is 1. The summed E-state index contributed by atoms with van der Waals surface area (Å²) in [6.07, 6.45) is 0. The zero-order valence-electron chi connectivity index (χ0n) is 14.3. The molecule has 0 fully saturated rings. The molecule has 4 N–H and O–H groups in total. The first-order chi connectivity index (χ1) is 12.2. The maximum absolute atomic E-state index is 12.1. The van der Waals surface area contributed by atoms with Gasteiger partial charge in [0.25, 0.3) is 11.8 Å². The number of carbonyl (C=O) groups excluding carboxylic acids is 2. The van der Waals surface area contributed by atoms with Gasteiger partial charge in [-0.3, -0.25) is 9.59 Å². The van der Waals surface area contributed by atoms with E-state index in [1.54, 1.807) is 31.2 Å². The lowest BCUT2D eigenvalue weighted by Gasteiger charge is -2.12. The molecular formula is C17H19N3O5S. The summed E-state index contributed by atoms with van der Waals surface area (Å²) in [5, 5.41) is 2.55. The van der Waals surface area contributed by atoms with E-state index in [4.69, 9.17) is 10.5 Å². The normalized spacial score (nSPS) is 11.0. The standard InChI is InChI=1S/C17H19N3O5S/c1-11-7-8-12(9-15(11)26(23,24)19-2)20-16(21)10-25-14-6-4-3-5-13(14)17(18)22/h3-9,19H,10H2,1-2H3,(H2,18,22)(H,20,21). The molecule has 0 unspecified atom stereocenters. The fourth-order valence-corrected chi connectivity index (χ4v) is 3.21. The van der Waals surface area contributed by atoms with Gasteiger partial charge in [-0.05, 0) is 43.8 Å². The Balaban J connectivity index is 2.10. The van der Waals surface area contributed by atoms with Crippen molar-refractivity contribution >= 4 is 27.5 Å². The highest BCUT2D eigenvalue weighted by Gasteiger charge is 2.16. The minimum atomic E-state index is -3.64. The lowest BCUT2D eigenvalue weighted by Crippen LogP contribution is -2.23. The second-order valence-corrected chi connectivity index (χ2v) is 7.24. The molecule has 0 aliphatic heterocycles. The summed E-state index contributed by atoms with van der Waals surface area (Å²) < 4.78 is 31.5. The predicted molar refractivity (Wildman–Crippen MR) is 96.5 cm³/mol. The average molecular weight is 377 g/mol. The van der Waals surface area contributed by atoms with Gasteiger partial charge in [0.05, 0.1) is 10.5 Å². The number of rotatable bonds is 7. The van der Waals surface area contributed by atoms with Crippen LogP contribution < -0.4 is 20.5 Å². The molecule has 0 atom stereocenters. The van der Waals surface area contributed by atoms with E-state index in [1.807, 2.05) is 0 Å². The maximum Gasteiger partial charge on any atom is 0.262 e. The first kappa shape index (κ1) is 19.4. The predicted octanol–water partition coefficient (Wildman–Crippen LogP) is 1.02. The van der Waals surface area contributed by atoms with Crippen molar-refractivity contribution in [1.82, 2.24) is 4.72 Å². The van der Waals surface area contributed by atoms with Crippen LogP contribution in [0.1, 0.15) is 15.9 Å². The Kier molecular flexibility index (Phi) is 5.96. The molecule has 8 nitrogen and oxygen atoms in total. The topological polar surface area (TPSA) is 128 Å². The molecule has 0 aliphatic carbocycles. The lowest BCUT2D eigenvalue weighted by atomic mass is 10.2. The molecule has 2 aromatic rings. The Morgan fingerprint density at radius 3 is 2.50 bits per heavy atom. The molecule has 0 saturated carbocycles. The number of amides is 2. The van der Waals surface area contributed by atoms with Crippen LogP contribution in [0, 0.1) is 6.92 Å². The molecule has 0 saturated heterocycles. The van der Waals surface area contributed by atoms with Gasteiger partial charge < -0.3 is 15.8 Å². The van der Waals surface area contributed by atoms with Crippen molar-refractivity contribution < 1.29 is 22.7 Å². The summed E-state index contributed by atoms with van der Waals surface area (Å²) in [4.78, 5) is 23.5. The third kappa shape index (κ3) is 4.58. The van der Waals surface area contributed by atoms with Gasteiger partial charge in [0, 0.05) is 5.69 Å². The zero-order valence-corrected chi connectivity index (χ0v) is 15.1. The van der Waals surface area contributed by atoms with Crippen LogP contribution >= 0.6 is 0 Å². The Morgan fingerprint density at radius 1 is 1.15 bits per heavy atom. The van der Waals surface area contributed by atoms with E-state index in [-0.39, 0.29) is 22.8 Å². The number of nitrogens with one attached hydrogen (secondary N) is 2. The van der Waals surface area contributed by atoms with Crippen LogP contribution in [0.4, 0.5) is 5.69 Å².